The van der Waals surface area contributed by atoms with Gasteiger partial charge < -0.3 is 10.6 Å². The predicted octanol–water partition coefficient (Wildman–Crippen LogP) is 1.60. The van der Waals surface area contributed by atoms with Crippen molar-refractivity contribution in [2.45, 2.75) is 31.2 Å². The van der Waals surface area contributed by atoms with Crippen molar-refractivity contribution in [2.24, 2.45) is 0 Å². The van der Waals surface area contributed by atoms with Crippen LogP contribution in [0.5, 0.6) is 0 Å². The molecule has 9 heteroatoms. The fraction of sp³-hybridized carbons (Fsp3) is 0.300. The second-order valence-electron chi connectivity index (χ2n) is 6.71. The van der Waals surface area contributed by atoms with Gasteiger partial charge in [-0.3, -0.25) is 9.59 Å². The van der Waals surface area contributed by atoms with Crippen LogP contribution in [0, 0.1) is 5.82 Å². The fourth-order valence-corrected chi connectivity index (χ4v) is 3.74. The molecule has 0 aliphatic heterocycles. The Bertz CT molecular complexity index is 943. The maximum absolute atomic E-state index is 12.8. The SMILES string of the molecule is CC(C)NS(=O)(=O)c1ccc(C(=O)NCC(=O)NCCc2ccc(F)cc2)cc1. The van der Waals surface area contributed by atoms with E-state index in [0.29, 0.717) is 13.0 Å². The standard InChI is InChI=1S/C20H24FN3O4S/c1-14(2)24-29(27,28)18-9-5-16(6-10-18)20(26)23-13-19(25)22-12-11-15-3-7-17(21)8-4-15/h3-10,14,24H,11-13H2,1-2H3,(H,22,25)(H,23,26). The third kappa shape index (κ3) is 7.28. The summed E-state index contributed by atoms with van der Waals surface area (Å²) in [5.74, 6) is -1.16. The highest BCUT2D eigenvalue weighted by Crippen LogP contribution is 2.11. The average Bonchev–Trinajstić information content (AvgIpc) is 2.67. The summed E-state index contributed by atoms with van der Waals surface area (Å²) in [5, 5.41) is 5.14. The summed E-state index contributed by atoms with van der Waals surface area (Å²) < 4.78 is 39.4. The lowest BCUT2D eigenvalue weighted by Gasteiger charge is -2.10. The molecule has 29 heavy (non-hydrogen) atoms. The molecular weight excluding hydrogens is 397 g/mol. The molecule has 0 heterocycles. The van der Waals surface area contributed by atoms with E-state index in [1.165, 1.54) is 36.4 Å². The van der Waals surface area contributed by atoms with E-state index >= 15 is 0 Å². The first-order valence-corrected chi connectivity index (χ1v) is 10.6. The van der Waals surface area contributed by atoms with E-state index in [0.717, 1.165) is 5.56 Å². The Morgan fingerprint density at radius 3 is 2.17 bits per heavy atom. The number of nitrogens with one attached hydrogen (secondary N) is 3. The van der Waals surface area contributed by atoms with Gasteiger partial charge in [0.05, 0.1) is 11.4 Å². The minimum atomic E-state index is -3.63. The summed E-state index contributed by atoms with van der Waals surface area (Å²) in [6, 6.07) is 11.2. The molecule has 0 bridgehead atoms. The molecule has 0 aliphatic rings. The van der Waals surface area contributed by atoms with Crippen molar-refractivity contribution < 1.29 is 22.4 Å². The Balaban J connectivity index is 1.79. The van der Waals surface area contributed by atoms with E-state index < -0.39 is 15.9 Å². The van der Waals surface area contributed by atoms with Gasteiger partial charge in [-0.15, -0.1) is 0 Å². The zero-order valence-electron chi connectivity index (χ0n) is 16.2. The molecule has 2 aromatic rings. The summed E-state index contributed by atoms with van der Waals surface area (Å²) >= 11 is 0. The number of benzene rings is 2. The number of hydrogen-bond donors (Lipinski definition) is 3. The van der Waals surface area contributed by atoms with Crippen LogP contribution in [-0.4, -0.2) is 39.4 Å². The van der Waals surface area contributed by atoms with Crippen LogP contribution in [0.3, 0.4) is 0 Å². The number of sulfonamides is 1. The van der Waals surface area contributed by atoms with Gasteiger partial charge in [0.2, 0.25) is 15.9 Å². The summed E-state index contributed by atoms with van der Waals surface area (Å²) in [4.78, 5) is 24.0. The molecule has 0 spiro atoms. The normalized spacial score (nSPS) is 11.3. The molecule has 0 saturated heterocycles. The minimum absolute atomic E-state index is 0.0567. The zero-order chi connectivity index (χ0) is 21.4. The van der Waals surface area contributed by atoms with Crippen molar-refractivity contribution >= 4 is 21.8 Å². The Morgan fingerprint density at radius 2 is 1.59 bits per heavy atom. The summed E-state index contributed by atoms with van der Waals surface area (Å²) in [6.45, 7) is 3.57. The van der Waals surface area contributed by atoms with Gasteiger partial charge in [0.1, 0.15) is 5.82 Å². The first-order chi connectivity index (χ1) is 13.7. The van der Waals surface area contributed by atoms with Gasteiger partial charge in [-0.1, -0.05) is 12.1 Å². The van der Waals surface area contributed by atoms with Crippen LogP contribution in [0.15, 0.2) is 53.4 Å². The Morgan fingerprint density at radius 1 is 0.966 bits per heavy atom. The van der Waals surface area contributed by atoms with Crippen LogP contribution in [0.1, 0.15) is 29.8 Å². The molecule has 0 aromatic heterocycles. The van der Waals surface area contributed by atoms with Gasteiger partial charge in [-0.05, 0) is 62.2 Å². The highest BCUT2D eigenvalue weighted by atomic mass is 32.2. The molecule has 2 rings (SSSR count). The highest BCUT2D eigenvalue weighted by molar-refractivity contribution is 7.89. The number of carbonyl (C=O) groups excluding carboxylic acids is 2. The van der Waals surface area contributed by atoms with Crippen molar-refractivity contribution in [2.75, 3.05) is 13.1 Å². The van der Waals surface area contributed by atoms with Gasteiger partial charge >= 0.3 is 0 Å². The topological polar surface area (TPSA) is 104 Å². The maximum Gasteiger partial charge on any atom is 0.251 e. The second kappa shape index (κ2) is 10.1. The van der Waals surface area contributed by atoms with Gasteiger partial charge in [0, 0.05) is 18.2 Å². The van der Waals surface area contributed by atoms with Gasteiger partial charge in [0.15, 0.2) is 0 Å². The van der Waals surface area contributed by atoms with Gasteiger partial charge in [0.25, 0.3) is 5.91 Å². The average molecular weight is 421 g/mol. The number of halogens is 1. The third-order valence-corrected chi connectivity index (χ3v) is 5.55. The second-order valence-corrected chi connectivity index (χ2v) is 8.42. The Hall–Kier alpha value is -2.78. The number of rotatable bonds is 9. The molecule has 2 aromatic carbocycles. The summed E-state index contributed by atoms with van der Waals surface area (Å²) in [5.41, 5.74) is 1.13. The molecule has 0 unspecified atom stereocenters. The molecule has 0 fully saturated rings. The number of amides is 2. The van der Waals surface area contributed by atoms with E-state index in [2.05, 4.69) is 15.4 Å². The Kier molecular flexibility index (Phi) is 7.86. The van der Waals surface area contributed by atoms with Crippen LogP contribution < -0.4 is 15.4 Å². The first-order valence-electron chi connectivity index (χ1n) is 9.09. The molecule has 0 saturated carbocycles. The molecule has 7 nitrogen and oxygen atoms in total. The van der Waals surface area contributed by atoms with E-state index in [1.54, 1.807) is 26.0 Å². The molecule has 156 valence electrons. The first kappa shape index (κ1) is 22.5. The summed E-state index contributed by atoms with van der Waals surface area (Å²) in [7, 11) is -3.63. The molecule has 2 amide bonds. The van der Waals surface area contributed by atoms with Gasteiger partial charge in [-0.25, -0.2) is 17.5 Å². The highest BCUT2D eigenvalue weighted by Gasteiger charge is 2.16. The Labute approximate surface area is 169 Å². The van der Waals surface area contributed by atoms with Crippen LogP contribution in [-0.2, 0) is 21.2 Å². The minimum Gasteiger partial charge on any atom is -0.354 e. The van der Waals surface area contributed by atoms with Crippen LogP contribution in [0.4, 0.5) is 4.39 Å². The van der Waals surface area contributed by atoms with Crippen molar-refractivity contribution in [3.8, 4) is 0 Å². The third-order valence-electron chi connectivity index (χ3n) is 3.88. The molecule has 0 atom stereocenters. The predicted molar refractivity (Wildman–Crippen MR) is 107 cm³/mol. The molecule has 0 radical (unpaired) electrons. The molecule has 0 aliphatic carbocycles. The van der Waals surface area contributed by atoms with Gasteiger partial charge in [-0.2, -0.15) is 0 Å². The lowest BCUT2D eigenvalue weighted by molar-refractivity contribution is -0.120. The fourth-order valence-electron chi connectivity index (χ4n) is 2.49. The monoisotopic (exact) mass is 421 g/mol. The smallest absolute Gasteiger partial charge is 0.251 e. The van der Waals surface area contributed by atoms with Crippen molar-refractivity contribution in [3.63, 3.8) is 0 Å². The largest absolute Gasteiger partial charge is 0.354 e. The zero-order valence-corrected chi connectivity index (χ0v) is 17.1. The van der Waals surface area contributed by atoms with Crippen LogP contribution >= 0.6 is 0 Å². The number of hydrogen-bond acceptors (Lipinski definition) is 4. The molecule has 3 N–H and O–H groups in total. The van der Waals surface area contributed by atoms with E-state index in [4.69, 9.17) is 0 Å². The van der Waals surface area contributed by atoms with E-state index in [9.17, 15) is 22.4 Å². The quantitative estimate of drug-likeness (QED) is 0.572. The summed E-state index contributed by atoms with van der Waals surface area (Å²) in [6.07, 6.45) is 0.542. The van der Waals surface area contributed by atoms with Crippen LogP contribution in [0.2, 0.25) is 0 Å². The lowest BCUT2D eigenvalue weighted by Crippen LogP contribution is -2.37. The number of carbonyl (C=O) groups is 2. The maximum atomic E-state index is 12.8. The van der Waals surface area contributed by atoms with E-state index in [-0.39, 0.29) is 34.8 Å². The van der Waals surface area contributed by atoms with Crippen molar-refractivity contribution in [3.05, 3.63) is 65.5 Å². The van der Waals surface area contributed by atoms with E-state index in [1.807, 2.05) is 0 Å². The van der Waals surface area contributed by atoms with Crippen molar-refractivity contribution in [1.82, 2.24) is 15.4 Å². The lowest BCUT2D eigenvalue weighted by atomic mass is 10.1. The van der Waals surface area contributed by atoms with Crippen LogP contribution in [0.25, 0.3) is 0 Å². The van der Waals surface area contributed by atoms with Crippen molar-refractivity contribution in [1.29, 1.82) is 0 Å². The molecular formula is C20H24FN3O4S.